The standard InChI is InChI=1S/C14H13IN2O2.C14H11IN2O.C8H7IO3.C6H8N2/c15-11-7-9(5-6-10(11)8-18)14(19)17-13-4-2-1-3-12(13)16;15-11-7-9(5-6-10(11)8-18)14-16-12-3-1-2-4-13(12)17-14;9-7-3-5(8(11)12)1-2-6(7)4-10;7-5-3-1-2-4-6(5)8/h1-7,18H,8,16H2,(H,17,19);1-7,18H,8H2,(H,16,17);1-3,10H,4H2,(H,11,12);1-4H,7-8H2. The number of aromatic carboxylic acids is 1. The van der Waals surface area contributed by atoms with Gasteiger partial charge in [0, 0.05) is 21.8 Å². The first-order valence-corrected chi connectivity index (χ1v) is 20.2. The Bertz CT molecular complexity index is 2410. The van der Waals surface area contributed by atoms with E-state index in [1.807, 2.05) is 89.3 Å². The number of nitrogens with two attached hydrogens (primary N) is 3. The van der Waals surface area contributed by atoms with Gasteiger partial charge < -0.3 is 47.9 Å². The molecule has 0 aliphatic carbocycles. The van der Waals surface area contributed by atoms with E-state index in [2.05, 4.69) is 60.5 Å². The van der Waals surface area contributed by atoms with E-state index >= 15 is 0 Å². The van der Waals surface area contributed by atoms with Crippen molar-refractivity contribution in [3.8, 4) is 11.4 Å². The summed E-state index contributed by atoms with van der Waals surface area (Å²) in [4.78, 5) is 30.4. The molecule has 0 bridgehead atoms. The molecule has 0 spiro atoms. The number of nitrogen functional groups attached to an aromatic ring is 3. The Morgan fingerprint density at radius 1 is 0.596 bits per heavy atom. The number of benzene rings is 6. The van der Waals surface area contributed by atoms with Crippen LogP contribution in [0, 0.1) is 10.7 Å². The molecule has 0 radical (unpaired) electrons. The van der Waals surface area contributed by atoms with Crippen LogP contribution in [-0.4, -0.2) is 42.3 Å². The largest absolute Gasteiger partial charge is 0.478 e. The summed E-state index contributed by atoms with van der Waals surface area (Å²) in [6.07, 6.45) is 0. The van der Waals surface area contributed by atoms with Crippen molar-refractivity contribution in [2.45, 2.75) is 19.8 Å². The highest BCUT2D eigenvalue weighted by Gasteiger charge is 2.10. The molecule has 12 nitrogen and oxygen atoms in total. The van der Waals surface area contributed by atoms with Gasteiger partial charge in [0.05, 0.1) is 59.2 Å². The highest BCUT2D eigenvalue weighted by molar-refractivity contribution is 14.1. The van der Waals surface area contributed by atoms with Crippen LogP contribution in [0.4, 0.5) is 22.7 Å². The monoisotopic (exact) mass is 1100 g/mol. The predicted octanol–water partition coefficient (Wildman–Crippen LogP) is 8.28. The van der Waals surface area contributed by atoms with Gasteiger partial charge in [0.15, 0.2) is 0 Å². The molecule has 1 amide bonds. The lowest BCUT2D eigenvalue weighted by molar-refractivity contribution is 0.0696. The molecular weight excluding hydrogens is 1070 g/mol. The molecular formula is C42H39I3N6O6. The molecule has 0 aliphatic heterocycles. The number of amides is 1. The van der Waals surface area contributed by atoms with Gasteiger partial charge in [0.2, 0.25) is 0 Å². The number of halogens is 3. The number of carboxylic acid groups (broad SMARTS) is 1. The number of carbonyl (C=O) groups excluding carboxylic acids is 1. The minimum Gasteiger partial charge on any atom is -0.478 e. The average molecular weight is 1100 g/mol. The fourth-order valence-corrected chi connectivity index (χ4v) is 6.91. The van der Waals surface area contributed by atoms with E-state index in [4.69, 9.17) is 37.6 Å². The molecule has 0 fully saturated rings. The maximum Gasteiger partial charge on any atom is 0.335 e. The molecule has 57 heavy (non-hydrogen) atoms. The number of H-pyrrole nitrogens is 1. The third-order valence-corrected chi connectivity index (χ3v) is 11.1. The van der Waals surface area contributed by atoms with Crippen LogP contribution >= 0.6 is 67.8 Å². The maximum atomic E-state index is 12.1. The van der Waals surface area contributed by atoms with Gasteiger partial charge in [-0.25, -0.2) is 9.78 Å². The fourth-order valence-electron chi connectivity index (χ4n) is 4.85. The Morgan fingerprint density at radius 2 is 1.07 bits per heavy atom. The Hall–Kier alpha value is -4.80. The number of aliphatic hydroxyl groups is 3. The number of hydrogen-bond donors (Lipinski definition) is 9. The molecule has 0 unspecified atom stereocenters. The van der Waals surface area contributed by atoms with Crippen molar-refractivity contribution in [1.82, 2.24) is 9.97 Å². The highest BCUT2D eigenvalue weighted by atomic mass is 127. The molecule has 294 valence electrons. The second-order valence-electron chi connectivity index (χ2n) is 12.0. The van der Waals surface area contributed by atoms with E-state index in [-0.39, 0.29) is 31.3 Å². The summed E-state index contributed by atoms with van der Waals surface area (Å²) in [6, 6.07) is 38.1. The number of rotatable bonds is 7. The first-order valence-electron chi connectivity index (χ1n) is 17.0. The summed E-state index contributed by atoms with van der Waals surface area (Å²) >= 11 is 6.32. The lowest BCUT2D eigenvalue weighted by Crippen LogP contribution is -2.13. The summed E-state index contributed by atoms with van der Waals surface area (Å²) in [5.41, 5.74) is 25.3. The second kappa shape index (κ2) is 22.2. The van der Waals surface area contributed by atoms with Gasteiger partial charge in [-0.15, -0.1) is 0 Å². The fraction of sp³-hybridized carbons (Fsp3) is 0.0714. The van der Waals surface area contributed by atoms with Gasteiger partial charge in [-0.05, 0) is 151 Å². The number of carbonyl (C=O) groups is 2. The number of aromatic amines is 1. The molecule has 0 saturated heterocycles. The van der Waals surface area contributed by atoms with E-state index in [0.29, 0.717) is 28.3 Å². The Morgan fingerprint density at radius 3 is 1.56 bits per heavy atom. The van der Waals surface area contributed by atoms with Crippen LogP contribution in [0.25, 0.3) is 22.4 Å². The third-order valence-electron chi connectivity index (χ3n) is 8.05. The van der Waals surface area contributed by atoms with Crippen LogP contribution in [-0.2, 0) is 19.8 Å². The third kappa shape index (κ3) is 13.1. The van der Waals surface area contributed by atoms with E-state index < -0.39 is 5.97 Å². The number of aromatic nitrogens is 2. The van der Waals surface area contributed by atoms with Gasteiger partial charge in [-0.1, -0.05) is 60.7 Å². The second-order valence-corrected chi connectivity index (χ2v) is 15.5. The molecule has 6 aromatic carbocycles. The topological polar surface area (TPSA) is 234 Å². The molecule has 12 N–H and O–H groups in total. The molecule has 7 aromatic rings. The number of aliphatic hydroxyl groups excluding tert-OH is 3. The van der Waals surface area contributed by atoms with E-state index in [1.165, 1.54) is 12.1 Å². The molecule has 1 heterocycles. The molecule has 0 atom stereocenters. The van der Waals surface area contributed by atoms with Crippen LogP contribution in [0.5, 0.6) is 0 Å². The van der Waals surface area contributed by atoms with Gasteiger partial charge in [-0.2, -0.15) is 0 Å². The average Bonchev–Trinajstić information content (AvgIpc) is 3.65. The first-order chi connectivity index (χ1) is 27.3. The van der Waals surface area contributed by atoms with Crippen molar-refractivity contribution in [2.24, 2.45) is 0 Å². The SMILES string of the molecule is Nc1ccccc1N.Nc1ccccc1NC(=O)c1ccc(CO)c(I)c1.O=C(O)c1ccc(CO)c(I)c1.OCc1ccc(-c2nc3ccccc3[nH]2)cc1I. The van der Waals surface area contributed by atoms with Crippen LogP contribution in [0.15, 0.2) is 127 Å². The highest BCUT2D eigenvalue weighted by Crippen LogP contribution is 2.24. The van der Waals surface area contributed by atoms with Gasteiger partial charge in [0.25, 0.3) is 5.91 Å². The van der Waals surface area contributed by atoms with E-state index in [9.17, 15) is 9.59 Å². The van der Waals surface area contributed by atoms with Crippen LogP contribution < -0.4 is 22.5 Å². The number of para-hydroxylation sites is 6. The number of anilines is 4. The summed E-state index contributed by atoms with van der Waals surface area (Å²) in [5, 5.41) is 38.4. The number of imidazole rings is 1. The summed E-state index contributed by atoms with van der Waals surface area (Å²) < 4.78 is 2.68. The van der Waals surface area contributed by atoms with Gasteiger partial charge >= 0.3 is 5.97 Å². The normalized spacial score (nSPS) is 10.2. The summed E-state index contributed by atoms with van der Waals surface area (Å²) in [7, 11) is 0. The molecule has 7 rings (SSSR count). The van der Waals surface area contributed by atoms with E-state index in [0.717, 1.165) is 49.8 Å². The lowest BCUT2D eigenvalue weighted by atomic mass is 10.1. The van der Waals surface area contributed by atoms with E-state index in [1.54, 1.807) is 48.5 Å². The molecule has 0 aliphatic rings. The van der Waals surface area contributed by atoms with Gasteiger partial charge in [0.1, 0.15) is 5.82 Å². The predicted molar refractivity (Wildman–Crippen MR) is 251 cm³/mol. The zero-order valence-corrected chi connectivity index (χ0v) is 36.6. The Labute approximate surface area is 370 Å². The van der Waals surface area contributed by atoms with Crippen LogP contribution in [0.3, 0.4) is 0 Å². The quantitative estimate of drug-likeness (QED) is 0.0548. The molecule has 0 saturated carbocycles. The summed E-state index contributed by atoms with van der Waals surface area (Å²) in [5.74, 6) is -0.309. The Balaban J connectivity index is 0.000000176. The number of hydrogen-bond acceptors (Lipinski definition) is 9. The number of nitrogens with one attached hydrogen (secondary N) is 2. The number of carboxylic acids is 1. The Kier molecular flexibility index (Phi) is 17.5. The van der Waals surface area contributed by atoms with Crippen molar-refractivity contribution >= 4 is 113 Å². The zero-order valence-electron chi connectivity index (χ0n) is 30.2. The molecule has 1 aromatic heterocycles. The van der Waals surface area contributed by atoms with Crippen LogP contribution in [0.2, 0.25) is 0 Å². The van der Waals surface area contributed by atoms with Gasteiger partial charge in [-0.3, -0.25) is 4.79 Å². The van der Waals surface area contributed by atoms with Crippen molar-refractivity contribution in [3.05, 3.63) is 166 Å². The van der Waals surface area contributed by atoms with Crippen molar-refractivity contribution in [2.75, 3.05) is 22.5 Å². The smallest absolute Gasteiger partial charge is 0.335 e. The summed E-state index contributed by atoms with van der Waals surface area (Å²) in [6.45, 7) is -0.0251. The molecule has 15 heteroatoms. The van der Waals surface area contributed by atoms with Crippen molar-refractivity contribution in [3.63, 3.8) is 0 Å². The maximum absolute atomic E-state index is 12.1. The van der Waals surface area contributed by atoms with Crippen LogP contribution in [0.1, 0.15) is 37.4 Å². The minimum absolute atomic E-state index is 0.0359. The number of nitrogens with zero attached hydrogens (tertiary/aromatic N) is 1. The van der Waals surface area contributed by atoms with Crippen molar-refractivity contribution in [1.29, 1.82) is 0 Å². The first kappa shape index (κ1) is 44.9. The lowest BCUT2D eigenvalue weighted by Gasteiger charge is -2.09. The van der Waals surface area contributed by atoms with Crippen molar-refractivity contribution < 1.29 is 30.0 Å². The zero-order chi connectivity index (χ0) is 41.5. The number of fused-ring (bicyclic) bond motifs is 1. The minimum atomic E-state index is -0.947.